The molecule has 122 valence electrons. The predicted molar refractivity (Wildman–Crippen MR) is 54.9 cm³/mol. The molecule has 0 saturated carbocycles. The summed E-state index contributed by atoms with van der Waals surface area (Å²) in [7, 11) is 0. The van der Waals surface area contributed by atoms with Crippen LogP contribution in [0.3, 0.4) is 0 Å². The lowest BCUT2D eigenvalue weighted by molar-refractivity contribution is -0.376. The highest BCUT2D eigenvalue weighted by atomic mass is 19.4. The molecule has 2 aromatic heterocycles. The van der Waals surface area contributed by atoms with E-state index in [-0.39, 0.29) is 12.1 Å². The summed E-state index contributed by atoms with van der Waals surface area (Å²) in [6.45, 7) is 0. The highest BCUT2D eigenvalue weighted by Gasteiger charge is 2.82. The summed E-state index contributed by atoms with van der Waals surface area (Å²) >= 11 is 0. The van der Waals surface area contributed by atoms with Crippen LogP contribution in [0.2, 0.25) is 0 Å². The Labute approximate surface area is 116 Å². The third-order valence-electron chi connectivity index (χ3n) is 2.86. The van der Waals surface area contributed by atoms with Crippen LogP contribution in [0.1, 0.15) is 11.4 Å². The minimum atomic E-state index is -6.42. The Hall–Kier alpha value is -2.14. The lowest BCUT2D eigenvalue weighted by Gasteiger charge is -2.35. The van der Waals surface area contributed by atoms with E-state index >= 15 is 0 Å². The number of nitrogens with one attached hydrogen (secondary N) is 2. The van der Waals surface area contributed by atoms with Crippen LogP contribution in [0, 0.1) is 0 Å². The molecule has 0 saturated heterocycles. The van der Waals surface area contributed by atoms with Crippen molar-refractivity contribution in [2.75, 3.05) is 0 Å². The van der Waals surface area contributed by atoms with Gasteiger partial charge in [-0.05, 0) is 12.1 Å². The topological polar surface area (TPSA) is 57.4 Å². The van der Waals surface area contributed by atoms with Crippen molar-refractivity contribution in [1.82, 2.24) is 20.4 Å². The summed E-state index contributed by atoms with van der Waals surface area (Å²) in [6.07, 6.45) is 1.18. The second-order valence-electron chi connectivity index (χ2n) is 4.24. The van der Waals surface area contributed by atoms with Crippen LogP contribution in [0.25, 0.3) is 0 Å². The molecule has 0 unspecified atom stereocenters. The van der Waals surface area contributed by atoms with Gasteiger partial charge in [-0.2, -0.15) is 45.3 Å². The number of aromatic amines is 2. The van der Waals surface area contributed by atoms with Gasteiger partial charge >= 0.3 is 23.7 Å². The average molecular weight is 334 g/mol. The van der Waals surface area contributed by atoms with Gasteiger partial charge in [0.1, 0.15) is 11.4 Å². The lowest BCUT2D eigenvalue weighted by Crippen LogP contribution is -2.60. The van der Waals surface area contributed by atoms with Crippen LogP contribution in [0.4, 0.5) is 35.1 Å². The van der Waals surface area contributed by atoms with Gasteiger partial charge in [0, 0.05) is 12.4 Å². The normalized spacial score (nSPS) is 14.4. The third-order valence-corrected chi connectivity index (χ3v) is 2.86. The van der Waals surface area contributed by atoms with Gasteiger partial charge in [0.05, 0.1) is 0 Å². The molecule has 2 aromatic rings. The van der Waals surface area contributed by atoms with Gasteiger partial charge in [-0.25, -0.2) is 0 Å². The summed E-state index contributed by atoms with van der Waals surface area (Å²) in [5.74, 6) is -24.1. The fourth-order valence-electron chi connectivity index (χ4n) is 1.59. The molecule has 22 heavy (non-hydrogen) atoms. The Bertz CT molecular complexity index is 563. The van der Waals surface area contributed by atoms with Gasteiger partial charge in [0.25, 0.3) is 0 Å². The van der Waals surface area contributed by atoms with Crippen molar-refractivity contribution in [3.8, 4) is 0 Å². The van der Waals surface area contributed by atoms with Crippen molar-refractivity contribution in [2.24, 2.45) is 0 Å². The summed E-state index contributed by atoms with van der Waals surface area (Å²) in [5, 5.41) is 8.55. The Morgan fingerprint density at radius 3 is 1.18 bits per heavy atom. The van der Waals surface area contributed by atoms with Gasteiger partial charge in [-0.3, -0.25) is 10.2 Å². The fraction of sp³-hybridized carbons (Fsp3) is 0.400. The first-order valence-corrected chi connectivity index (χ1v) is 5.47. The molecule has 0 spiro atoms. The Morgan fingerprint density at radius 2 is 0.955 bits per heavy atom. The van der Waals surface area contributed by atoms with Crippen LogP contribution >= 0.6 is 0 Å². The summed E-state index contributed by atoms with van der Waals surface area (Å²) in [4.78, 5) is 0. The Kier molecular flexibility index (Phi) is 3.45. The van der Waals surface area contributed by atoms with Crippen molar-refractivity contribution in [2.45, 2.75) is 23.7 Å². The third kappa shape index (κ3) is 1.96. The van der Waals surface area contributed by atoms with Crippen molar-refractivity contribution in [3.63, 3.8) is 0 Å². The van der Waals surface area contributed by atoms with E-state index in [1.165, 1.54) is 10.2 Å². The van der Waals surface area contributed by atoms with Crippen LogP contribution in [0.5, 0.6) is 0 Å². The molecular weight excluding hydrogens is 328 g/mol. The maximum atomic E-state index is 13.6. The van der Waals surface area contributed by atoms with E-state index in [9.17, 15) is 35.1 Å². The molecule has 12 heteroatoms. The number of H-pyrrole nitrogens is 2. The molecule has 2 heterocycles. The largest absolute Gasteiger partial charge is 0.384 e. The van der Waals surface area contributed by atoms with Crippen LogP contribution in [-0.4, -0.2) is 32.2 Å². The van der Waals surface area contributed by atoms with Crippen LogP contribution in [0.15, 0.2) is 24.5 Å². The van der Waals surface area contributed by atoms with Crippen molar-refractivity contribution in [1.29, 1.82) is 0 Å². The first-order chi connectivity index (χ1) is 9.96. The van der Waals surface area contributed by atoms with Gasteiger partial charge in [-0.1, -0.05) is 0 Å². The minimum Gasteiger partial charge on any atom is -0.276 e. The highest BCUT2D eigenvalue weighted by Crippen LogP contribution is 2.58. The number of rotatable bonds is 5. The monoisotopic (exact) mass is 334 g/mol. The number of hydrogen-bond acceptors (Lipinski definition) is 2. The SMILES string of the molecule is FC(F)(c1ccn[nH]1)C(F)(F)C(F)(F)C(F)(F)c1ccn[nH]1. The quantitative estimate of drug-likeness (QED) is 0.825. The van der Waals surface area contributed by atoms with Gasteiger partial charge in [-0.15, -0.1) is 0 Å². The Morgan fingerprint density at radius 1 is 0.636 bits per heavy atom. The second kappa shape index (κ2) is 4.68. The predicted octanol–water partition coefficient (Wildman–Crippen LogP) is 3.29. The summed E-state index contributed by atoms with van der Waals surface area (Å²) in [5.41, 5.74) is -3.45. The van der Waals surface area contributed by atoms with E-state index < -0.39 is 35.1 Å². The van der Waals surface area contributed by atoms with E-state index in [1.807, 2.05) is 0 Å². The van der Waals surface area contributed by atoms with Crippen molar-refractivity contribution < 1.29 is 35.1 Å². The molecule has 2 rings (SSSR count). The fourth-order valence-corrected chi connectivity index (χ4v) is 1.59. The zero-order valence-corrected chi connectivity index (χ0v) is 10.2. The molecular formula is C10H6F8N4. The van der Waals surface area contributed by atoms with E-state index in [1.54, 1.807) is 0 Å². The highest BCUT2D eigenvalue weighted by molar-refractivity contribution is 5.20. The van der Waals surface area contributed by atoms with Crippen LogP contribution in [-0.2, 0) is 11.8 Å². The summed E-state index contributed by atoms with van der Waals surface area (Å²) in [6, 6.07) is 0.552. The van der Waals surface area contributed by atoms with E-state index in [4.69, 9.17) is 0 Å². The molecule has 4 nitrogen and oxygen atoms in total. The molecule has 0 bridgehead atoms. The van der Waals surface area contributed by atoms with Gasteiger partial charge in [0.2, 0.25) is 0 Å². The molecule has 0 aliphatic rings. The summed E-state index contributed by atoms with van der Waals surface area (Å²) < 4.78 is 109. The molecule has 0 aliphatic heterocycles. The minimum absolute atomic E-state index is 0.276. The van der Waals surface area contributed by atoms with E-state index in [0.717, 1.165) is 0 Å². The number of alkyl halides is 8. The van der Waals surface area contributed by atoms with Crippen molar-refractivity contribution in [3.05, 3.63) is 35.9 Å². The van der Waals surface area contributed by atoms with Crippen LogP contribution < -0.4 is 0 Å². The average Bonchev–Trinajstić information content (AvgIpc) is 3.11. The second-order valence-corrected chi connectivity index (χ2v) is 4.24. The first-order valence-electron chi connectivity index (χ1n) is 5.47. The smallest absolute Gasteiger partial charge is 0.276 e. The maximum Gasteiger partial charge on any atom is 0.384 e. The standard InChI is InChI=1S/C10H6F8N4/c11-7(12,5-1-3-19-21-5)9(15,16)10(17,18)8(13,14)6-2-4-20-22-6/h1-4H,(H,19,21)(H,20,22). The van der Waals surface area contributed by atoms with Gasteiger partial charge in [0.15, 0.2) is 0 Å². The number of halogens is 8. The van der Waals surface area contributed by atoms with E-state index in [0.29, 0.717) is 12.4 Å². The van der Waals surface area contributed by atoms with Gasteiger partial charge < -0.3 is 0 Å². The Balaban J connectivity index is 2.51. The zero-order valence-electron chi connectivity index (χ0n) is 10.2. The van der Waals surface area contributed by atoms with E-state index in [2.05, 4.69) is 10.2 Å². The molecule has 0 aliphatic carbocycles. The molecule has 0 fully saturated rings. The molecule has 0 aromatic carbocycles. The number of nitrogens with zero attached hydrogens (tertiary/aromatic N) is 2. The zero-order chi connectivity index (χ0) is 16.8. The number of aromatic nitrogens is 4. The first kappa shape index (κ1) is 16.2. The molecule has 2 N–H and O–H groups in total. The molecule has 0 amide bonds. The van der Waals surface area contributed by atoms with Crippen molar-refractivity contribution >= 4 is 0 Å². The molecule has 0 atom stereocenters. The maximum absolute atomic E-state index is 13.6. The molecule has 0 radical (unpaired) electrons. The lowest BCUT2D eigenvalue weighted by atomic mass is 9.95. The number of hydrogen-bond donors (Lipinski definition) is 2.